The van der Waals surface area contributed by atoms with Gasteiger partial charge in [0, 0.05) is 19.5 Å². The quantitative estimate of drug-likeness (QED) is 0.0356. The molecule has 0 saturated heterocycles. The number of unbranched alkanes of at least 4 members (excludes halogenated alkanes) is 36. The van der Waals surface area contributed by atoms with Crippen molar-refractivity contribution in [3.63, 3.8) is 0 Å². The molecule has 0 unspecified atom stereocenters. The zero-order chi connectivity index (χ0) is 56.2. The number of hydrogen-bond acceptors (Lipinski definition) is 8. The van der Waals surface area contributed by atoms with Gasteiger partial charge in [-0.3, -0.25) is 0 Å². The lowest BCUT2D eigenvalue weighted by atomic mass is 10.0. The molecule has 0 aromatic carbocycles. The standard InChI is InChI=1S/C70H106Br2N2S6/c1-5-9-13-17-21-25-29-33-37-41-45-55-53-63(71)77-65(55)69-73-57(47-43-39-35-31-27-23-19-15-11-7-3)67(79-69)61-51-49-59(75-61)60-50-52-62(76-60)68-58(48-44-40-36-32-28-24-20-16-12-8-4)74-70(80-68)66-56(54-64(72)78-66)46-42-38-34-30-26-22-18-14-10-6-2/h49-54H,5-48H2,1-4H3. The van der Waals surface area contributed by atoms with Crippen molar-refractivity contribution in [3.8, 4) is 49.0 Å². The fourth-order valence-corrected chi connectivity index (χ4v) is 19.7. The molecule has 10 heteroatoms. The highest BCUT2D eigenvalue weighted by Crippen LogP contribution is 2.49. The maximum absolute atomic E-state index is 5.59. The molecule has 0 bridgehead atoms. The number of rotatable bonds is 49. The highest BCUT2D eigenvalue weighted by atomic mass is 79.9. The molecule has 0 radical (unpaired) electrons. The van der Waals surface area contributed by atoms with E-state index in [9.17, 15) is 0 Å². The average molecular weight is 1330 g/mol. The Balaban J connectivity index is 1.16. The van der Waals surface area contributed by atoms with Crippen LogP contribution in [-0.4, -0.2) is 9.97 Å². The van der Waals surface area contributed by atoms with Gasteiger partial charge in [-0.1, -0.05) is 259 Å². The van der Waals surface area contributed by atoms with Crippen LogP contribution in [0.25, 0.3) is 49.0 Å². The van der Waals surface area contributed by atoms with Crippen LogP contribution < -0.4 is 0 Å². The molecule has 0 aliphatic heterocycles. The highest BCUT2D eigenvalue weighted by Gasteiger charge is 2.23. The second-order valence-corrected chi connectivity index (χ2v) is 32.5. The molecule has 6 aromatic rings. The molecule has 6 rings (SSSR count). The van der Waals surface area contributed by atoms with Crippen molar-refractivity contribution in [3.05, 3.63) is 66.5 Å². The van der Waals surface area contributed by atoms with Gasteiger partial charge < -0.3 is 0 Å². The third kappa shape index (κ3) is 25.2. The first-order valence-corrected chi connectivity index (χ1v) is 39.7. The van der Waals surface area contributed by atoms with Gasteiger partial charge in [0.05, 0.1) is 38.5 Å². The van der Waals surface area contributed by atoms with E-state index in [4.69, 9.17) is 9.97 Å². The molecule has 6 heterocycles. The summed E-state index contributed by atoms with van der Waals surface area (Å²) < 4.78 is 2.48. The predicted molar refractivity (Wildman–Crippen MR) is 374 cm³/mol. The number of aryl methyl sites for hydroxylation is 4. The third-order valence-electron chi connectivity index (χ3n) is 16.4. The van der Waals surface area contributed by atoms with E-state index >= 15 is 0 Å². The van der Waals surface area contributed by atoms with Crippen LogP contribution in [0.2, 0.25) is 0 Å². The summed E-state index contributed by atoms with van der Waals surface area (Å²) in [5.41, 5.74) is 5.61. The average Bonchev–Trinajstić information content (AvgIpc) is 4.35. The molecule has 0 spiro atoms. The summed E-state index contributed by atoms with van der Waals surface area (Å²) in [6, 6.07) is 14.5. The Kier molecular flexibility index (Phi) is 35.7. The van der Waals surface area contributed by atoms with Gasteiger partial charge in [-0.25, -0.2) is 9.97 Å². The van der Waals surface area contributed by atoms with Crippen LogP contribution in [0.15, 0.2) is 44.0 Å². The van der Waals surface area contributed by atoms with Crippen molar-refractivity contribution in [2.75, 3.05) is 0 Å². The monoisotopic (exact) mass is 1320 g/mol. The zero-order valence-electron chi connectivity index (χ0n) is 50.7. The minimum atomic E-state index is 1.07. The van der Waals surface area contributed by atoms with Crippen molar-refractivity contribution >= 4 is 99.9 Å². The number of hydrogen-bond donors (Lipinski definition) is 0. The Morgan fingerprint density at radius 2 is 0.525 bits per heavy atom. The molecule has 80 heavy (non-hydrogen) atoms. The van der Waals surface area contributed by atoms with Crippen molar-refractivity contribution in [1.82, 2.24) is 9.97 Å². The molecular formula is C70H106Br2N2S6. The topological polar surface area (TPSA) is 25.8 Å². The maximum atomic E-state index is 5.59. The first-order chi connectivity index (χ1) is 39.4. The maximum Gasteiger partial charge on any atom is 0.134 e. The van der Waals surface area contributed by atoms with E-state index < -0.39 is 0 Å². The first-order valence-electron chi connectivity index (χ1n) is 33.2. The van der Waals surface area contributed by atoms with E-state index in [1.807, 2.05) is 68.0 Å². The van der Waals surface area contributed by atoms with E-state index in [1.165, 1.54) is 336 Å². The van der Waals surface area contributed by atoms with Crippen molar-refractivity contribution < 1.29 is 0 Å². The van der Waals surface area contributed by atoms with Gasteiger partial charge in [-0.15, -0.1) is 68.0 Å². The number of aromatic nitrogens is 2. The van der Waals surface area contributed by atoms with Gasteiger partial charge in [-0.05, 0) is 131 Å². The first kappa shape index (κ1) is 68.1. The molecule has 0 atom stereocenters. The predicted octanol–water partition coefficient (Wildman–Crippen LogP) is 28.6. The van der Waals surface area contributed by atoms with Crippen molar-refractivity contribution in [1.29, 1.82) is 0 Å². The van der Waals surface area contributed by atoms with Gasteiger partial charge >= 0.3 is 0 Å². The zero-order valence-corrected chi connectivity index (χ0v) is 58.7. The van der Waals surface area contributed by atoms with Crippen LogP contribution in [0.4, 0.5) is 0 Å². The second-order valence-electron chi connectivity index (χ2n) is 23.5. The van der Waals surface area contributed by atoms with E-state index in [0.717, 1.165) is 25.7 Å². The lowest BCUT2D eigenvalue weighted by molar-refractivity contribution is 0.555. The minimum absolute atomic E-state index is 1.07. The van der Waals surface area contributed by atoms with Crippen LogP contribution in [0.1, 0.15) is 307 Å². The molecule has 0 aliphatic rings. The number of nitrogens with zero attached hydrogens (tertiary/aromatic N) is 2. The van der Waals surface area contributed by atoms with Crippen LogP contribution in [0.5, 0.6) is 0 Å². The molecular weight excluding hydrogens is 1220 g/mol. The Hall–Kier alpha value is -0.980. The molecule has 0 fully saturated rings. The third-order valence-corrected chi connectivity index (χ3v) is 25.0. The van der Waals surface area contributed by atoms with Crippen LogP contribution in [0.3, 0.4) is 0 Å². The second kappa shape index (κ2) is 42.0. The Labute approximate surface area is 530 Å². The van der Waals surface area contributed by atoms with Crippen molar-refractivity contribution in [2.45, 2.75) is 310 Å². The lowest BCUT2D eigenvalue weighted by Gasteiger charge is -2.04. The summed E-state index contributed by atoms with van der Waals surface area (Å²) >= 11 is 19.5. The Morgan fingerprint density at radius 3 is 0.812 bits per heavy atom. The highest BCUT2D eigenvalue weighted by molar-refractivity contribution is 9.11. The van der Waals surface area contributed by atoms with Gasteiger partial charge in [0.15, 0.2) is 0 Å². The Bertz CT molecular complexity index is 2330. The van der Waals surface area contributed by atoms with Crippen LogP contribution in [-0.2, 0) is 25.7 Å². The normalized spacial score (nSPS) is 11.8. The van der Waals surface area contributed by atoms with Gasteiger partial charge in [0.25, 0.3) is 0 Å². The molecule has 0 aliphatic carbocycles. The number of thiazole rings is 2. The van der Waals surface area contributed by atoms with Crippen molar-refractivity contribution in [2.24, 2.45) is 0 Å². The van der Waals surface area contributed by atoms with Gasteiger partial charge in [-0.2, -0.15) is 0 Å². The van der Waals surface area contributed by atoms with Crippen LogP contribution >= 0.6 is 99.9 Å². The summed E-state index contributed by atoms with van der Waals surface area (Å²) in [6.45, 7) is 9.26. The van der Waals surface area contributed by atoms with E-state index in [-0.39, 0.29) is 0 Å². The summed E-state index contributed by atoms with van der Waals surface area (Å²) in [4.78, 5) is 22.3. The molecule has 0 N–H and O–H groups in total. The number of halogens is 2. The molecule has 2 nitrogen and oxygen atoms in total. The minimum Gasteiger partial charge on any atom is -0.240 e. The summed E-state index contributed by atoms with van der Waals surface area (Å²) in [5, 5.41) is 2.46. The fourth-order valence-electron chi connectivity index (χ4n) is 11.5. The van der Waals surface area contributed by atoms with Crippen LogP contribution in [0, 0.1) is 0 Å². The summed E-state index contributed by atoms with van der Waals surface area (Å²) in [6.07, 6.45) is 59.1. The van der Waals surface area contributed by atoms with Gasteiger partial charge in [0.2, 0.25) is 0 Å². The van der Waals surface area contributed by atoms with Gasteiger partial charge in [0.1, 0.15) is 10.0 Å². The van der Waals surface area contributed by atoms with E-state index in [0.29, 0.717) is 0 Å². The summed E-state index contributed by atoms with van der Waals surface area (Å²) in [5.74, 6) is 0. The Morgan fingerprint density at radius 1 is 0.275 bits per heavy atom. The fraction of sp³-hybridized carbons (Fsp3) is 0.686. The number of thiophene rings is 4. The molecule has 6 aromatic heterocycles. The smallest absolute Gasteiger partial charge is 0.134 e. The molecule has 0 amide bonds. The van der Waals surface area contributed by atoms with E-state index in [1.54, 1.807) is 0 Å². The largest absolute Gasteiger partial charge is 0.240 e. The lowest BCUT2D eigenvalue weighted by Crippen LogP contribution is -1.90. The van der Waals surface area contributed by atoms with E-state index in [2.05, 4.69) is 96.0 Å². The molecule has 446 valence electrons. The molecule has 0 saturated carbocycles. The summed E-state index contributed by atoms with van der Waals surface area (Å²) in [7, 11) is 0. The SMILES string of the molecule is CCCCCCCCCCCCc1cc(Br)sc1-c1nc(CCCCCCCCCCCC)c(-c2ccc(-c3ccc(-c4sc(-c5sc(Br)cc5CCCCCCCCCCCC)nc4CCCCCCCCCCCC)s3)s2)s1.